The summed E-state index contributed by atoms with van der Waals surface area (Å²) in [7, 11) is 0. The Morgan fingerprint density at radius 1 is 1.00 bits per heavy atom. The summed E-state index contributed by atoms with van der Waals surface area (Å²) in [5, 5.41) is 3.57. The quantitative estimate of drug-likeness (QED) is 0.830. The first-order chi connectivity index (χ1) is 8.66. The lowest BCUT2D eigenvalue weighted by atomic mass is 10.1. The van der Waals surface area contributed by atoms with Crippen molar-refractivity contribution in [3.8, 4) is 10.4 Å². The maximum absolute atomic E-state index is 3.57. The van der Waals surface area contributed by atoms with Crippen molar-refractivity contribution in [3.63, 3.8) is 0 Å². The van der Waals surface area contributed by atoms with Gasteiger partial charge in [-0.3, -0.25) is 0 Å². The number of hydrogen-bond donors (Lipinski definition) is 1. The van der Waals surface area contributed by atoms with Gasteiger partial charge in [-0.25, -0.2) is 0 Å². The van der Waals surface area contributed by atoms with E-state index in [4.69, 9.17) is 0 Å². The minimum Gasteiger partial charge on any atom is -0.309 e. The van der Waals surface area contributed by atoms with E-state index in [0.29, 0.717) is 12.0 Å². The second-order valence-corrected chi connectivity index (χ2v) is 6.21. The third kappa shape index (κ3) is 3.44. The van der Waals surface area contributed by atoms with Gasteiger partial charge in [0.2, 0.25) is 0 Å². The molecule has 2 rings (SSSR count). The average Bonchev–Trinajstić information content (AvgIpc) is 2.85. The second-order valence-electron chi connectivity index (χ2n) is 5.05. The molecule has 0 bridgehead atoms. The summed E-state index contributed by atoms with van der Waals surface area (Å²) in [5.41, 5.74) is 1.31. The molecule has 1 atom stereocenters. The van der Waals surface area contributed by atoms with Gasteiger partial charge in [0.1, 0.15) is 0 Å². The van der Waals surface area contributed by atoms with Crippen molar-refractivity contribution < 1.29 is 0 Å². The Morgan fingerprint density at radius 2 is 1.72 bits per heavy atom. The van der Waals surface area contributed by atoms with Crippen LogP contribution >= 0.6 is 11.3 Å². The van der Waals surface area contributed by atoms with Crippen molar-refractivity contribution in [1.82, 2.24) is 5.32 Å². The highest BCUT2D eigenvalue weighted by molar-refractivity contribution is 7.15. The number of thiophene rings is 1. The SMILES string of the molecule is CC(C)C(C)NCc1ccc(-c2ccccc2)s1. The lowest BCUT2D eigenvalue weighted by molar-refractivity contribution is 0.428. The molecule has 1 unspecified atom stereocenters. The van der Waals surface area contributed by atoms with Crippen LogP contribution in [0.1, 0.15) is 25.6 Å². The van der Waals surface area contributed by atoms with Crippen LogP contribution in [0.25, 0.3) is 10.4 Å². The molecule has 1 aromatic heterocycles. The fraction of sp³-hybridized carbons (Fsp3) is 0.375. The van der Waals surface area contributed by atoms with Crippen LogP contribution in [0.5, 0.6) is 0 Å². The number of nitrogens with one attached hydrogen (secondary N) is 1. The zero-order chi connectivity index (χ0) is 13.0. The van der Waals surface area contributed by atoms with Gasteiger partial charge in [-0.05, 0) is 30.5 Å². The van der Waals surface area contributed by atoms with Gasteiger partial charge in [-0.2, -0.15) is 0 Å². The van der Waals surface area contributed by atoms with Gasteiger partial charge >= 0.3 is 0 Å². The van der Waals surface area contributed by atoms with E-state index >= 15 is 0 Å². The molecule has 0 saturated carbocycles. The van der Waals surface area contributed by atoms with E-state index in [1.54, 1.807) is 0 Å². The van der Waals surface area contributed by atoms with E-state index in [1.807, 2.05) is 11.3 Å². The number of rotatable bonds is 5. The van der Waals surface area contributed by atoms with E-state index in [1.165, 1.54) is 15.3 Å². The van der Waals surface area contributed by atoms with Gasteiger partial charge in [0.25, 0.3) is 0 Å². The van der Waals surface area contributed by atoms with Crippen LogP contribution in [0.15, 0.2) is 42.5 Å². The normalized spacial score (nSPS) is 12.9. The van der Waals surface area contributed by atoms with Crippen molar-refractivity contribution in [2.75, 3.05) is 0 Å². The summed E-state index contributed by atoms with van der Waals surface area (Å²) in [4.78, 5) is 2.76. The largest absolute Gasteiger partial charge is 0.309 e. The molecule has 0 saturated heterocycles. The molecule has 0 aliphatic carbocycles. The molecule has 1 nitrogen and oxygen atoms in total. The van der Waals surface area contributed by atoms with Gasteiger partial charge in [0.15, 0.2) is 0 Å². The van der Waals surface area contributed by atoms with Crippen molar-refractivity contribution in [3.05, 3.63) is 47.3 Å². The molecule has 0 spiro atoms. The Labute approximate surface area is 114 Å². The third-order valence-electron chi connectivity index (χ3n) is 3.32. The maximum atomic E-state index is 3.57. The fourth-order valence-corrected chi connectivity index (χ4v) is 2.69. The molecule has 1 aromatic carbocycles. The zero-order valence-electron chi connectivity index (χ0n) is 11.3. The molecule has 1 heterocycles. The predicted octanol–water partition coefficient (Wildman–Crippen LogP) is 4.55. The molecular weight excluding hydrogens is 238 g/mol. The second kappa shape index (κ2) is 6.17. The molecule has 0 amide bonds. The highest BCUT2D eigenvalue weighted by atomic mass is 32.1. The molecule has 18 heavy (non-hydrogen) atoms. The van der Waals surface area contributed by atoms with Gasteiger partial charge in [-0.1, -0.05) is 44.2 Å². The first-order valence-electron chi connectivity index (χ1n) is 6.54. The van der Waals surface area contributed by atoms with E-state index in [0.717, 1.165) is 6.54 Å². The molecule has 0 radical (unpaired) electrons. The summed E-state index contributed by atoms with van der Waals surface area (Å²) in [5.74, 6) is 0.679. The minimum atomic E-state index is 0.562. The van der Waals surface area contributed by atoms with Crippen LogP contribution in [0.4, 0.5) is 0 Å². The molecule has 1 N–H and O–H groups in total. The van der Waals surface area contributed by atoms with E-state index in [9.17, 15) is 0 Å². The Kier molecular flexibility index (Phi) is 4.56. The fourth-order valence-electron chi connectivity index (χ4n) is 1.73. The molecular formula is C16H21NS. The predicted molar refractivity (Wildman–Crippen MR) is 80.9 cm³/mol. The average molecular weight is 259 g/mol. The van der Waals surface area contributed by atoms with E-state index in [-0.39, 0.29) is 0 Å². The smallest absolute Gasteiger partial charge is 0.0346 e. The molecule has 0 aliphatic rings. The summed E-state index contributed by atoms with van der Waals surface area (Å²) >= 11 is 1.88. The summed E-state index contributed by atoms with van der Waals surface area (Å²) in [6.07, 6.45) is 0. The van der Waals surface area contributed by atoms with Crippen molar-refractivity contribution >= 4 is 11.3 Å². The van der Waals surface area contributed by atoms with Crippen LogP contribution in [0.3, 0.4) is 0 Å². The summed E-state index contributed by atoms with van der Waals surface area (Å²) in [6, 6.07) is 15.6. The minimum absolute atomic E-state index is 0.562. The zero-order valence-corrected chi connectivity index (χ0v) is 12.1. The molecule has 2 aromatic rings. The van der Waals surface area contributed by atoms with E-state index < -0.39 is 0 Å². The lowest BCUT2D eigenvalue weighted by Crippen LogP contribution is -2.29. The topological polar surface area (TPSA) is 12.0 Å². The van der Waals surface area contributed by atoms with Gasteiger partial charge < -0.3 is 5.32 Å². The molecule has 0 fully saturated rings. The third-order valence-corrected chi connectivity index (χ3v) is 4.45. The first-order valence-corrected chi connectivity index (χ1v) is 7.36. The van der Waals surface area contributed by atoms with Crippen LogP contribution in [-0.2, 0) is 6.54 Å². The Morgan fingerprint density at radius 3 is 2.39 bits per heavy atom. The molecule has 96 valence electrons. The van der Waals surface area contributed by atoms with Gasteiger partial charge in [0, 0.05) is 22.3 Å². The monoisotopic (exact) mass is 259 g/mol. The van der Waals surface area contributed by atoms with E-state index in [2.05, 4.69) is 68.6 Å². The molecule has 0 aliphatic heterocycles. The van der Waals surface area contributed by atoms with Crippen LogP contribution < -0.4 is 5.32 Å². The highest BCUT2D eigenvalue weighted by Gasteiger charge is 2.07. The van der Waals surface area contributed by atoms with Crippen LogP contribution in [0.2, 0.25) is 0 Å². The van der Waals surface area contributed by atoms with Gasteiger partial charge in [0.05, 0.1) is 0 Å². The summed E-state index contributed by atoms with van der Waals surface area (Å²) < 4.78 is 0. The highest BCUT2D eigenvalue weighted by Crippen LogP contribution is 2.27. The van der Waals surface area contributed by atoms with Crippen LogP contribution in [0, 0.1) is 5.92 Å². The molecule has 2 heteroatoms. The lowest BCUT2D eigenvalue weighted by Gasteiger charge is -2.16. The van der Waals surface area contributed by atoms with Crippen molar-refractivity contribution in [2.45, 2.75) is 33.4 Å². The Balaban J connectivity index is 1.99. The summed E-state index contributed by atoms with van der Waals surface area (Å²) in [6.45, 7) is 7.72. The Bertz CT molecular complexity index is 473. The van der Waals surface area contributed by atoms with Crippen molar-refractivity contribution in [2.24, 2.45) is 5.92 Å². The number of benzene rings is 1. The van der Waals surface area contributed by atoms with Crippen LogP contribution in [-0.4, -0.2) is 6.04 Å². The van der Waals surface area contributed by atoms with Gasteiger partial charge in [-0.15, -0.1) is 11.3 Å². The van der Waals surface area contributed by atoms with Crippen molar-refractivity contribution in [1.29, 1.82) is 0 Å². The Hall–Kier alpha value is -1.12. The maximum Gasteiger partial charge on any atom is 0.0346 e. The number of hydrogen-bond acceptors (Lipinski definition) is 2. The first kappa shape index (κ1) is 13.3. The standard InChI is InChI=1S/C16H21NS/c1-12(2)13(3)17-11-15-9-10-16(18-15)14-7-5-4-6-8-14/h4-10,12-13,17H,11H2,1-3H3.